The van der Waals surface area contributed by atoms with Gasteiger partial charge in [0.2, 0.25) is 6.79 Å². The molecule has 166 valence electrons. The van der Waals surface area contributed by atoms with E-state index in [0.717, 1.165) is 34.1 Å². The molecule has 0 saturated carbocycles. The molecule has 1 aromatic carbocycles. The van der Waals surface area contributed by atoms with Crippen molar-refractivity contribution in [2.45, 2.75) is 25.9 Å². The Labute approximate surface area is 195 Å². The predicted octanol–water partition coefficient (Wildman–Crippen LogP) is 3.31. The van der Waals surface area contributed by atoms with Gasteiger partial charge in [-0.3, -0.25) is 9.66 Å². The second-order valence-electron chi connectivity index (χ2n) is 8.01. The van der Waals surface area contributed by atoms with E-state index in [1.54, 1.807) is 18.9 Å². The summed E-state index contributed by atoms with van der Waals surface area (Å²) in [5.41, 5.74) is 5.10. The number of hydrogen-bond acceptors (Lipinski definition) is 6. The number of fused-ring (bicyclic) bond motifs is 1. The zero-order valence-corrected chi connectivity index (χ0v) is 18.9. The maximum atomic E-state index is 5.85. The standard InChI is InChI=1S/C23H21N7O2S/c1-14-9-17(15(2)30(14)28-11-25-26-12-28)22-21(18-5-3-4-8-24-18)27-23(33)29(22)16-6-7-19-20(10-16)32-13-31-19/h3-12,21-22H,13H2,1-2H3,(H,27,33)/t21-,22+/m1/s1. The highest BCUT2D eigenvalue weighted by atomic mass is 32.1. The van der Waals surface area contributed by atoms with Crippen LogP contribution in [0, 0.1) is 13.8 Å². The molecule has 1 saturated heterocycles. The largest absolute Gasteiger partial charge is 0.454 e. The molecule has 0 bridgehead atoms. The summed E-state index contributed by atoms with van der Waals surface area (Å²) in [5, 5.41) is 12.1. The number of nitrogens with zero attached hydrogens (tertiary/aromatic N) is 6. The number of hydrogen-bond donors (Lipinski definition) is 1. The van der Waals surface area contributed by atoms with E-state index in [0.29, 0.717) is 10.9 Å². The Kier molecular flexibility index (Phi) is 4.54. The molecular formula is C23H21N7O2S. The van der Waals surface area contributed by atoms with E-state index in [9.17, 15) is 0 Å². The number of rotatable bonds is 4. The van der Waals surface area contributed by atoms with Gasteiger partial charge < -0.3 is 19.7 Å². The summed E-state index contributed by atoms with van der Waals surface area (Å²) in [6, 6.07) is 13.8. The molecule has 33 heavy (non-hydrogen) atoms. The molecule has 0 spiro atoms. The highest BCUT2D eigenvalue weighted by Crippen LogP contribution is 2.45. The Balaban J connectivity index is 1.52. The van der Waals surface area contributed by atoms with Crippen LogP contribution in [0.15, 0.2) is 61.3 Å². The average molecular weight is 460 g/mol. The van der Waals surface area contributed by atoms with Crippen molar-refractivity contribution in [3.05, 3.63) is 84.0 Å². The molecule has 0 radical (unpaired) electrons. The van der Waals surface area contributed by atoms with E-state index in [1.807, 2.05) is 41.1 Å². The van der Waals surface area contributed by atoms with Gasteiger partial charge in [0.05, 0.1) is 17.8 Å². The SMILES string of the molecule is Cc1cc([C@H]2[C@@H](c3ccccn3)NC(=S)N2c2ccc3c(c2)OCO3)c(C)n1-n1cnnc1. The lowest BCUT2D eigenvalue weighted by atomic mass is 9.96. The molecule has 2 aliphatic heterocycles. The normalized spacial score (nSPS) is 19.2. The Morgan fingerprint density at radius 3 is 2.64 bits per heavy atom. The summed E-state index contributed by atoms with van der Waals surface area (Å²) in [6.07, 6.45) is 5.18. The summed E-state index contributed by atoms with van der Waals surface area (Å²) in [6.45, 7) is 4.39. The van der Waals surface area contributed by atoms with Crippen molar-refractivity contribution in [3.63, 3.8) is 0 Å². The van der Waals surface area contributed by atoms with Crippen molar-refractivity contribution in [2.24, 2.45) is 0 Å². The molecule has 0 amide bonds. The smallest absolute Gasteiger partial charge is 0.231 e. The number of anilines is 1. The molecule has 4 aromatic rings. The molecule has 6 rings (SSSR count). The van der Waals surface area contributed by atoms with Gasteiger partial charge in [0.1, 0.15) is 12.7 Å². The first-order valence-corrected chi connectivity index (χ1v) is 11.0. The van der Waals surface area contributed by atoms with Gasteiger partial charge in [-0.25, -0.2) is 4.68 Å². The van der Waals surface area contributed by atoms with Crippen LogP contribution in [0.3, 0.4) is 0 Å². The van der Waals surface area contributed by atoms with Crippen LogP contribution >= 0.6 is 12.2 Å². The number of pyridine rings is 1. The van der Waals surface area contributed by atoms with E-state index < -0.39 is 0 Å². The molecule has 9 nitrogen and oxygen atoms in total. The van der Waals surface area contributed by atoms with Gasteiger partial charge in [0.15, 0.2) is 16.6 Å². The average Bonchev–Trinajstić information content (AvgIpc) is 3.60. The van der Waals surface area contributed by atoms with Crippen molar-refractivity contribution in [2.75, 3.05) is 11.7 Å². The van der Waals surface area contributed by atoms with Crippen LogP contribution in [0.5, 0.6) is 11.5 Å². The fourth-order valence-electron chi connectivity index (χ4n) is 4.71. The van der Waals surface area contributed by atoms with Crippen LogP contribution in [0.2, 0.25) is 0 Å². The highest BCUT2D eigenvalue weighted by molar-refractivity contribution is 7.80. The molecule has 10 heteroatoms. The minimum atomic E-state index is -0.140. The highest BCUT2D eigenvalue weighted by Gasteiger charge is 2.42. The van der Waals surface area contributed by atoms with Gasteiger partial charge in [-0.2, -0.15) is 0 Å². The minimum Gasteiger partial charge on any atom is -0.454 e. The van der Waals surface area contributed by atoms with Crippen molar-refractivity contribution in [3.8, 4) is 11.5 Å². The molecular weight excluding hydrogens is 438 g/mol. The van der Waals surface area contributed by atoms with Crippen LogP contribution in [0.25, 0.3) is 0 Å². The maximum Gasteiger partial charge on any atom is 0.231 e. The molecule has 0 unspecified atom stereocenters. The molecule has 2 aliphatic rings. The number of aromatic nitrogens is 5. The number of aryl methyl sites for hydroxylation is 1. The number of nitrogens with one attached hydrogen (secondary N) is 1. The molecule has 0 aliphatic carbocycles. The summed E-state index contributed by atoms with van der Waals surface area (Å²) in [7, 11) is 0. The molecule has 5 heterocycles. The number of benzene rings is 1. The fraction of sp³-hybridized carbons (Fsp3) is 0.217. The van der Waals surface area contributed by atoms with E-state index in [4.69, 9.17) is 21.7 Å². The Hall–Kier alpha value is -3.92. The zero-order valence-electron chi connectivity index (χ0n) is 18.0. The summed E-state index contributed by atoms with van der Waals surface area (Å²) in [5.74, 6) is 1.45. The van der Waals surface area contributed by atoms with Crippen molar-refractivity contribution in [1.82, 2.24) is 29.9 Å². The van der Waals surface area contributed by atoms with Crippen molar-refractivity contribution >= 4 is 23.0 Å². The molecule has 2 atom stereocenters. The molecule has 1 N–H and O–H groups in total. The van der Waals surface area contributed by atoms with Gasteiger partial charge in [-0.1, -0.05) is 6.07 Å². The third kappa shape index (κ3) is 3.13. The van der Waals surface area contributed by atoms with Gasteiger partial charge in [-0.15, -0.1) is 10.2 Å². The first-order valence-electron chi connectivity index (χ1n) is 10.6. The third-order valence-electron chi connectivity index (χ3n) is 6.12. The van der Waals surface area contributed by atoms with Crippen LogP contribution in [-0.2, 0) is 0 Å². The Morgan fingerprint density at radius 2 is 1.85 bits per heavy atom. The molecule has 3 aromatic heterocycles. The zero-order chi connectivity index (χ0) is 22.5. The van der Waals surface area contributed by atoms with Crippen LogP contribution in [-0.4, -0.2) is 36.4 Å². The minimum absolute atomic E-state index is 0.135. The first kappa shape index (κ1) is 19.7. The van der Waals surface area contributed by atoms with E-state index >= 15 is 0 Å². The number of thiocarbonyl (C=S) groups is 1. The lowest BCUT2D eigenvalue weighted by Crippen LogP contribution is -2.29. The van der Waals surface area contributed by atoms with Crippen molar-refractivity contribution in [1.29, 1.82) is 0 Å². The number of ether oxygens (including phenoxy) is 2. The lowest BCUT2D eigenvalue weighted by molar-refractivity contribution is 0.174. The monoisotopic (exact) mass is 459 g/mol. The van der Waals surface area contributed by atoms with Crippen LogP contribution in [0.4, 0.5) is 5.69 Å². The van der Waals surface area contributed by atoms with Gasteiger partial charge in [-0.05, 0) is 56.4 Å². The van der Waals surface area contributed by atoms with Crippen LogP contribution < -0.4 is 19.7 Å². The van der Waals surface area contributed by atoms with E-state index in [-0.39, 0.29) is 18.9 Å². The van der Waals surface area contributed by atoms with E-state index in [2.05, 4.69) is 50.0 Å². The molecule has 1 fully saturated rings. The van der Waals surface area contributed by atoms with Gasteiger partial charge >= 0.3 is 0 Å². The lowest BCUT2D eigenvalue weighted by Gasteiger charge is -2.28. The first-order chi connectivity index (χ1) is 16.1. The Morgan fingerprint density at radius 1 is 1.03 bits per heavy atom. The Bertz CT molecular complexity index is 1340. The van der Waals surface area contributed by atoms with Gasteiger partial charge in [0.25, 0.3) is 0 Å². The van der Waals surface area contributed by atoms with Gasteiger partial charge in [0, 0.05) is 34.9 Å². The van der Waals surface area contributed by atoms with E-state index in [1.165, 1.54) is 0 Å². The second kappa shape index (κ2) is 7.59. The summed E-state index contributed by atoms with van der Waals surface area (Å²) < 4.78 is 15.1. The fourth-order valence-corrected chi connectivity index (χ4v) is 5.06. The summed E-state index contributed by atoms with van der Waals surface area (Å²) in [4.78, 5) is 6.77. The topological polar surface area (TPSA) is 82.3 Å². The second-order valence-corrected chi connectivity index (χ2v) is 8.40. The third-order valence-corrected chi connectivity index (χ3v) is 6.44. The van der Waals surface area contributed by atoms with Crippen molar-refractivity contribution < 1.29 is 9.47 Å². The quantitative estimate of drug-likeness (QED) is 0.466. The van der Waals surface area contributed by atoms with Crippen LogP contribution in [0.1, 0.15) is 34.7 Å². The summed E-state index contributed by atoms with van der Waals surface area (Å²) >= 11 is 5.85. The maximum absolute atomic E-state index is 5.85. The predicted molar refractivity (Wildman–Crippen MR) is 125 cm³/mol.